The summed E-state index contributed by atoms with van der Waals surface area (Å²) in [6.45, 7) is 2.97. The van der Waals surface area contributed by atoms with Crippen LogP contribution in [0.25, 0.3) is 9.81 Å². The minimum absolute atomic E-state index is 0.0850. The van der Waals surface area contributed by atoms with Gasteiger partial charge in [-0.1, -0.05) is 36.9 Å². The Morgan fingerprint density at radius 1 is 0.889 bits per heavy atom. The maximum absolute atomic E-state index is 13.1. The number of benzene rings is 2. The monoisotopic (exact) mass is 394 g/mol. The van der Waals surface area contributed by atoms with Crippen LogP contribution in [0.1, 0.15) is 22.3 Å². The number of alkyl halides is 4. The van der Waals surface area contributed by atoms with Crippen LogP contribution in [0, 0.1) is 0 Å². The number of sulfone groups is 1. The minimum Gasteiger partial charge on any atom is -0.246 e. The van der Waals surface area contributed by atoms with Gasteiger partial charge in [-0.3, -0.25) is 0 Å². The summed E-state index contributed by atoms with van der Waals surface area (Å²) in [5.74, 6) is 0. The Labute approximate surface area is 154 Å². The lowest BCUT2D eigenvalue weighted by molar-refractivity contribution is -0.137. The van der Waals surface area contributed by atoms with Crippen LogP contribution in [0.3, 0.4) is 0 Å². The Bertz CT molecular complexity index is 1080. The molecule has 1 aliphatic heterocycles. The first-order chi connectivity index (χ1) is 12.6. The van der Waals surface area contributed by atoms with E-state index in [0.717, 1.165) is 18.2 Å². The molecule has 7 heteroatoms. The van der Waals surface area contributed by atoms with Crippen molar-refractivity contribution in [3.8, 4) is 0 Å². The van der Waals surface area contributed by atoms with Gasteiger partial charge in [0.25, 0.3) is 0 Å². The first-order valence-corrected chi connectivity index (χ1v) is 9.31. The van der Waals surface area contributed by atoms with E-state index < -0.39 is 28.3 Å². The normalized spacial score (nSPS) is 16.7. The topological polar surface area (TPSA) is 34.1 Å². The molecule has 140 valence electrons. The Kier molecular flexibility index (Phi) is 4.82. The van der Waals surface area contributed by atoms with E-state index in [1.165, 1.54) is 42.5 Å². The van der Waals surface area contributed by atoms with Crippen LogP contribution in [-0.4, -0.2) is 8.42 Å². The highest BCUT2D eigenvalue weighted by Gasteiger charge is 2.33. The molecular formula is C20H14F4O2S. The van der Waals surface area contributed by atoms with Gasteiger partial charge in [-0.15, -0.1) is 0 Å². The van der Waals surface area contributed by atoms with Crippen LogP contribution in [0.5, 0.6) is 0 Å². The number of allylic oxidation sites excluding steroid dienone is 3. The molecule has 2 aromatic carbocycles. The van der Waals surface area contributed by atoms with Gasteiger partial charge in [0.2, 0.25) is 9.84 Å². The lowest BCUT2D eigenvalue weighted by atomic mass is 10.1. The highest BCUT2D eigenvalue weighted by atomic mass is 32.2. The van der Waals surface area contributed by atoms with Gasteiger partial charge < -0.3 is 0 Å². The van der Waals surface area contributed by atoms with E-state index in [9.17, 15) is 26.0 Å². The number of hydrogen-bond donors (Lipinski definition) is 0. The van der Waals surface area contributed by atoms with Gasteiger partial charge in [0, 0.05) is 0 Å². The zero-order chi connectivity index (χ0) is 19.8. The highest BCUT2D eigenvalue weighted by molar-refractivity contribution is 8.09. The van der Waals surface area contributed by atoms with E-state index in [4.69, 9.17) is 0 Å². The van der Waals surface area contributed by atoms with Gasteiger partial charge in [0.1, 0.15) is 6.67 Å². The first kappa shape index (κ1) is 19.1. The molecule has 3 rings (SSSR count). The van der Waals surface area contributed by atoms with Gasteiger partial charge in [-0.05, 0) is 52.6 Å². The predicted octanol–water partition coefficient (Wildman–Crippen LogP) is 5.54. The summed E-state index contributed by atoms with van der Waals surface area (Å²) in [6.07, 6.45) is -2.04. The van der Waals surface area contributed by atoms with E-state index in [-0.39, 0.29) is 20.9 Å². The van der Waals surface area contributed by atoms with Crippen molar-refractivity contribution in [2.45, 2.75) is 12.9 Å². The molecule has 0 saturated carbocycles. The second kappa shape index (κ2) is 6.81. The van der Waals surface area contributed by atoms with E-state index in [1.807, 2.05) is 0 Å². The van der Waals surface area contributed by atoms with Crippen molar-refractivity contribution in [1.29, 1.82) is 0 Å². The van der Waals surface area contributed by atoms with Crippen LogP contribution >= 0.6 is 0 Å². The lowest BCUT2D eigenvalue weighted by Gasteiger charge is -2.19. The molecule has 0 atom stereocenters. The third-order valence-corrected chi connectivity index (χ3v) is 5.92. The van der Waals surface area contributed by atoms with E-state index in [2.05, 4.69) is 6.58 Å². The molecular weight excluding hydrogens is 380 g/mol. The molecule has 27 heavy (non-hydrogen) atoms. The van der Waals surface area contributed by atoms with Crippen LogP contribution in [0.2, 0.25) is 0 Å². The molecule has 0 fully saturated rings. The molecule has 0 saturated heterocycles. The van der Waals surface area contributed by atoms with Gasteiger partial charge in [-0.25, -0.2) is 12.8 Å². The van der Waals surface area contributed by atoms with E-state index in [0.29, 0.717) is 11.1 Å². The molecule has 0 N–H and O–H groups in total. The lowest BCUT2D eigenvalue weighted by Crippen LogP contribution is -2.12. The number of hydrogen-bond acceptors (Lipinski definition) is 2. The Hall–Kier alpha value is -2.67. The molecule has 0 radical (unpaired) electrons. The van der Waals surface area contributed by atoms with Gasteiger partial charge in [0.05, 0.1) is 15.4 Å². The summed E-state index contributed by atoms with van der Waals surface area (Å²) in [5.41, 5.74) is -0.165. The maximum Gasteiger partial charge on any atom is 0.416 e. The summed E-state index contributed by atoms with van der Waals surface area (Å²) >= 11 is 0. The molecule has 1 heterocycles. The number of rotatable bonds is 3. The summed E-state index contributed by atoms with van der Waals surface area (Å²) in [6, 6.07) is 10.0. The fourth-order valence-corrected chi connectivity index (χ4v) is 4.51. The fraction of sp³-hybridized carbons (Fsp3) is 0.100. The predicted molar refractivity (Wildman–Crippen MR) is 96.7 cm³/mol. The average Bonchev–Trinajstić information content (AvgIpc) is 2.62. The van der Waals surface area contributed by atoms with Crippen molar-refractivity contribution in [3.63, 3.8) is 0 Å². The molecule has 1 aliphatic rings. The highest BCUT2D eigenvalue weighted by Crippen LogP contribution is 2.40. The first-order valence-electron chi connectivity index (χ1n) is 7.83. The molecule has 2 aromatic rings. The van der Waals surface area contributed by atoms with Crippen molar-refractivity contribution < 1.29 is 26.0 Å². The van der Waals surface area contributed by atoms with Crippen LogP contribution in [0.15, 0.2) is 72.8 Å². The van der Waals surface area contributed by atoms with Crippen molar-refractivity contribution in [1.82, 2.24) is 0 Å². The van der Waals surface area contributed by atoms with Crippen LogP contribution in [-0.2, 0) is 22.7 Å². The third kappa shape index (κ3) is 3.73. The summed E-state index contributed by atoms with van der Waals surface area (Å²) in [7, 11) is -4.12. The fourth-order valence-electron chi connectivity index (χ4n) is 2.79. The van der Waals surface area contributed by atoms with Gasteiger partial charge in [0.15, 0.2) is 0 Å². The molecule has 0 spiro atoms. The minimum atomic E-state index is -4.60. The molecule has 0 amide bonds. The van der Waals surface area contributed by atoms with E-state index in [1.54, 1.807) is 0 Å². The molecule has 0 aromatic heterocycles. The summed E-state index contributed by atoms with van der Waals surface area (Å²) < 4.78 is 78.1. The molecule has 0 bridgehead atoms. The molecule has 0 unspecified atom stereocenters. The maximum atomic E-state index is 13.1. The van der Waals surface area contributed by atoms with Crippen molar-refractivity contribution in [3.05, 3.63) is 95.1 Å². The standard InChI is InChI=1S/C20H14F4O2S/c1-13-8-18(15-5-2-4-14(10-15)12-21)27(25,26)19(9-13)16-6-3-7-17(11-16)20(22,23)24/h2-11H,1,12H2. The van der Waals surface area contributed by atoms with Crippen molar-refractivity contribution >= 4 is 19.6 Å². The zero-order valence-corrected chi connectivity index (χ0v) is 14.7. The molecule has 2 nitrogen and oxygen atoms in total. The summed E-state index contributed by atoms with van der Waals surface area (Å²) in [5, 5.41) is 0. The Morgan fingerprint density at radius 2 is 1.44 bits per heavy atom. The smallest absolute Gasteiger partial charge is 0.246 e. The van der Waals surface area contributed by atoms with E-state index >= 15 is 0 Å². The quantitative estimate of drug-likeness (QED) is 0.641. The Balaban J connectivity index is 2.13. The largest absolute Gasteiger partial charge is 0.416 e. The van der Waals surface area contributed by atoms with Gasteiger partial charge >= 0.3 is 6.18 Å². The second-order valence-electron chi connectivity index (χ2n) is 6.01. The van der Waals surface area contributed by atoms with Crippen LogP contribution < -0.4 is 0 Å². The zero-order valence-electron chi connectivity index (χ0n) is 13.9. The molecule has 0 aliphatic carbocycles. The second-order valence-corrected chi connectivity index (χ2v) is 7.89. The summed E-state index contributed by atoms with van der Waals surface area (Å²) in [4.78, 5) is -0.403. The Morgan fingerprint density at radius 3 is 2.00 bits per heavy atom. The van der Waals surface area contributed by atoms with Gasteiger partial charge in [-0.2, -0.15) is 13.2 Å². The number of halogens is 4. The van der Waals surface area contributed by atoms with Crippen molar-refractivity contribution in [2.24, 2.45) is 0 Å². The SMILES string of the molecule is C=C1C=C(c2cccc(CF)c2)S(=O)(=O)C(c2cccc(C(F)(F)F)c2)=C1. The average molecular weight is 394 g/mol. The van der Waals surface area contributed by atoms with Crippen molar-refractivity contribution in [2.75, 3.05) is 0 Å². The third-order valence-electron chi connectivity index (χ3n) is 4.05. The van der Waals surface area contributed by atoms with Crippen LogP contribution in [0.4, 0.5) is 17.6 Å².